The fourth-order valence-corrected chi connectivity index (χ4v) is 1.91. The third kappa shape index (κ3) is 2.33. The first-order valence-electron chi connectivity index (χ1n) is 6.04. The average Bonchev–Trinajstić information content (AvgIpc) is 2.83. The van der Waals surface area contributed by atoms with Gasteiger partial charge in [0.2, 0.25) is 0 Å². The van der Waals surface area contributed by atoms with Crippen molar-refractivity contribution in [1.29, 1.82) is 0 Å². The molecule has 0 atom stereocenters. The van der Waals surface area contributed by atoms with Gasteiger partial charge in [-0.25, -0.2) is 4.98 Å². The van der Waals surface area contributed by atoms with Crippen LogP contribution in [0.1, 0.15) is 16.1 Å². The molecule has 0 saturated heterocycles. The van der Waals surface area contributed by atoms with Gasteiger partial charge in [0.25, 0.3) is 5.91 Å². The van der Waals surface area contributed by atoms with Crippen LogP contribution >= 0.6 is 0 Å². The number of carbonyl (C=O) groups is 1. The standard InChI is InChI=1S/C15H13N3O/c1-11-7-8-18-10-13(17-14(18)9-11)15(19)16-12-5-3-2-4-6-12/h2-10H,1H3,(H,16,19). The number of nitrogens with one attached hydrogen (secondary N) is 1. The number of carbonyl (C=O) groups excluding carboxylic acids is 1. The zero-order valence-electron chi connectivity index (χ0n) is 10.5. The third-order valence-corrected chi connectivity index (χ3v) is 2.88. The van der Waals surface area contributed by atoms with Gasteiger partial charge in [-0.15, -0.1) is 0 Å². The fourth-order valence-electron chi connectivity index (χ4n) is 1.91. The molecule has 94 valence electrons. The fraction of sp³-hybridized carbons (Fsp3) is 0.0667. The lowest BCUT2D eigenvalue weighted by Crippen LogP contribution is -2.11. The number of imidazole rings is 1. The van der Waals surface area contributed by atoms with Gasteiger partial charge >= 0.3 is 0 Å². The maximum absolute atomic E-state index is 12.1. The van der Waals surface area contributed by atoms with E-state index in [1.807, 2.05) is 60.0 Å². The smallest absolute Gasteiger partial charge is 0.275 e. The van der Waals surface area contributed by atoms with Crippen LogP contribution in [0.5, 0.6) is 0 Å². The van der Waals surface area contributed by atoms with E-state index in [1.54, 1.807) is 6.20 Å². The number of aryl methyl sites for hydroxylation is 1. The lowest BCUT2D eigenvalue weighted by Gasteiger charge is -2.01. The van der Waals surface area contributed by atoms with Crippen molar-refractivity contribution in [3.63, 3.8) is 0 Å². The van der Waals surface area contributed by atoms with E-state index in [-0.39, 0.29) is 5.91 Å². The quantitative estimate of drug-likeness (QED) is 0.761. The first-order valence-corrected chi connectivity index (χ1v) is 6.04. The molecule has 0 fully saturated rings. The first kappa shape index (κ1) is 11.5. The summed E-state index contributed by atoms with van der Waals surface area (Å²) in [5, 5.41) is 2.82. The molecule has 2 heterocycles. The van der Waals surface area contributed by atoms with Crippen molar-refractivity contribution >= 4 is 17.2 Å². The molecule has 0 radical (unpaired) electrons. The topological polar surface area (TPSA) is 46.4 Å². The first-order chi connectivity index (χ1) is 9.22. The van der Waals surface area contributed by atoms with Crippen molar-refractivity contribution in [3.8, 4) is 0 Å². The molecule has 19 heavy (non-hydrogen) atoms. The van der Waals surface area contributed by atoms with Crippen LogP contribution in [0.2, 0.25) is 0 Å². The minimum atomic E-state index is -0.201. The van der Waals surface area contributed by atoms with Crippen LogP contribution in [0.4, 0.5) is 5.69 Å². The van der Waals surface area contributed by atoms with Crippen LogP contribution in [-0.2, 0) is 0 Å². The predicted octanol–water partition coefficient (Wildman–Crippen LogP) is 2.90. The Balaban J connectivity index is 1.89. The molecule has 0 aliphatic heterocycles. The zero-order valence-corrected chi connectivity index (χ0v) is 10.5. The van der Waals surface area contributed by atoms with Crippen LogP contribution in [-0.4, -0.2) is 15.3 Å². The molecule has 0 aliphatic rings. The summed E-state index contributed by atoms with van der Waals surface area (Å²) in [4.78, 5) is 16.4. The van der Waals surface area contributed by atoms with E-state index in [2.05, 4.69) is 10.3 Å². The Morgan fingerprint density at radius 3 is 2.79 bits per heavy atom. The summed E-state index contributed by atoms with van der Waals surface area (Å²) in [6.45, 7) is 2.00. The van der Waals surface area contributed by atoms with Crippen molar-refractivity contribution in [3.05, 3.63) is 66.1 Å². The van der Waals surface area contributed by atoms with Gasteiger partial charge < -0.3 is 9.72 Å². The van der Waals surface area contributed by atoms with E-state index in [9.17, 15) is 4.79 Å². The Morgan fingerprint density at radius 1 is 1.21 bits per heavy atom. The van der Waals surface area contributed by atoms with Crippen molar-refractivity contribution in [1.82, 2.24) is 9.38 Å². The molecule has 4 heteroatoms. The molecule has 0 aliphatic carbocycles. The number of fused-ring (bicyclic) bond motifs is 1. The van der Waals surface area contributed by atoms with Crippen molar-refractivity contribution in [2.75, 3.05) is 5.32 Å². The molecular weight excluding hydrogens is 238 g/mol. The average molecular weight is 251 g/mol. The Bertz CT molecular complexity index is 731. The van der Waals surface area contributed by atoms with Crippen LogP contribution in [0.15, 0.2) is 54.9 Å². The van der Waals surface area contributed by atoms with Crippen LogP contribution in [0, 0.1) is 6.92 Å². The number of para-hydroxylation sites is 1. The van der Waals surface area contributed by atoms with Crippen LogP contribution in [0.3, 0.4) is 0 Å². The molecule has 0 bridgehead atoms. The highest BCUT2D eigenvalue weighted by Crippen LogP contribution is 2.11. The Kier molecular flexibility index (Phi) is 2.76. The van der Waals surface area contributed by atoms with E-state index in [0.717, 1.165) is 16.9 Å². The van der Waals surface area contributed by atoms with Gasteiger partial charge in [0.15, 0.2) is 0 Å². The molecule has 1 aromatic carbocycles. The lowest BCUT2D eigenvalue weighted by molar-refractivity contribution is 0.102. The number of aromatic nitrogens is 2. The van der Waals surface area contributed by atoms with Gasteiger partial charge in [0, 0.05) is 18.1 Å². The number of benzene rings is 1. The highest BCUT2D eigenvalue weighted by atomic mass is 16.1. The van der Waals surface area contributed by atoms with Gasteiger partial charge in [-0.05, 0) is 36.8 Å². The van der Waals surface area contributed by atoms with E-state index in [1.165, 1.54) is 0 Å². The van der Waals surface area contributed by atoms with Crippen molar-refractivity contribution in [2.24, 2.45) is 0 Å². The second kappa shape index (κ2) is 4.57. The number of anilines is 1. The van der Waals surface area contributed by atoms with E-state index in [4.69, 9.17) is 0 Å². The van der Waals surface area contributed by atoms with E-state index < -0.39 is 0 Å². The summed E-state index contributed by atoms with van der Waals surface area (Å²) in [6, 6.07) is 13.3. The molecule has 3 aromatic rings. The summed E-state index contributed by atoms with van der Waals surface area (Å²) in [5.74, 6) is -0.201. The van der Waals surface area contributed by atoms with Crippen molar-refractivity contribution in [2.45, 2.75) is 6.92 Å². The molecule has 1 amide bonds. The second-order valence-corrected chi connectivity index (χ2v) is 4.42. The second-order valence-electron chi connectivity index (χ2n) is 4.42. The predicted molar refractivity (Wildman–Crippen MR) is 74.3 cm³/mol. The minimum Gasteiger partial charge on any atom is -0.321 e. The summed E-state index contributed by atoms with van der Waals surface area (Å²) in [5.41, 5.74) is 3.07. The van der Waals surface area contributed by atoms with Crippen molar-refractivity contribution < 1.29 is 4.79 Å². The SMILES string of the molecule is Cc1ccn2cc(C(=O)Nc3ccccc3)nc2c1. The molecular formula is C15H13N3O. The molecule has 0 unspecified atom stereocenters. The Hall–Kier alpha value is -2.62. The minimum absolute atomic E-state index is 0.201. The highest BCUT2D eigenvalue weighted by Gasteiger charge is 2.10. The summed E-state index contributed by atoms with van der Waals surface area (Å²) < 4.78 is 1.84. The number of rotatable bonds is 2. The van der Waals surface area contributed by atoms with E-state index >= 15 is 0 Å². The van der Waals surface area contributed by atoms with Crippen LogP contribution < -0.4 is 5.32 Å². The van der Waals surface area contributed by atoms with Gasteiger partial charge in [0.05, 0.1) is 0 Å². The largest absolute Gasteiger partial charge is 0.321 e. The molecule has 0 spiro atoms. The van der Waals surface area contributed by atoms with Crippen LogP contribution in [0.25, 0.3) is 5.65 Å². The summed E-state index contributed by atoms with van der Waals surface area (Å²) in [6.07, 6.45) is 3.63. The molecule has 2 aromatic heterocycles. The van der Waals surface area contributed by atoms with E-state index in [0.29, 0.717) is 5.69 Å². The Labute approximate surface area is 110 Å². The molecule has 3 rings (SSSR count). The molecule has 1 N–H and O–H groups in total. The zero-order chi connectivity index (χ0) is 13.2. The van der Waals surface area contributed by atoms with Gasteiger partial charge in [-0.1, -0.05) is 18.2 Å². The lowest BCUT2D eigenvalue weighted by atomic mass is 10.3. The number of nitrogens with zero attached hydrogens (tertiary/aromatic N) is 2. The monoisotopic (exact) mass is 251 g/mol. The van der Waals surface area contributed by atoms with Gasteiger partial charge in [-0.2, -0.15) is 0 Å². The number of hydrogen-bond donors (Lipinski definition) is 1. The third-order valence-electron chi connectivity index (χ3n) is 2.88. The number of amides is 1. The van der Waals surface area contributed by atoms with Gasteiger partial charge in [0.1, 0.15) is 11.3 Å². The highest BCUT2D eigenvalue weighted by molar-refractivity contribution is 6.03. The molecule has 0 saturated carbocycles. The number of pyridine rings is 1. The maximum atomic E-state index is 12.1. The normalized spacial score (nSPS) is 10.6. The number of hydrogen-bond acceptors (Lipinski definition) is 2. The maximum Gasteiger partial charge on any atom is 0.275 e. The summed E-state index contributed by atoms with van der Waals surface area (Å²) >= 11 is 0. The summed E-state index contributed by atoms with van der Waals surface area (Å²) in [7, 11) is 0. The molecule has 4 nitrogen and oxygen atoms in total. The van der Waals surface area contributed by atoms with Gasteiger partial charge in [-0.3, -0.25) is 4.79 Å². The Morgan fingerprint density at radius 2 is 2.00 bits per heavy atom.